The number of pyridine rings is 1. The van der Waals surface area contributed by atoms with Crippen molar-refractivity contribution in [2.45, 2.75) is 19.5 Å². The Morgan fingerprint density at radius 1 is 1.43 bits per heavy atom. The SMILES string of the molecule is C[C@@H](NCc1ccc(/C(N)=N/O)cc1F)c1ccccn1. The first kappa shape index (κ1) is 14.9. The summed E-state index contributed by atoms with van der Waals surface area (Å²) in [6.45, 7) is 2.32. The van der Waals surface area contributed by atoms with Crippen LogP contribution in [-0.2, 0) is 6.54 Å². The van der Waals surface area contributed by atoms with Gasteiger partial charge in [0.2, 0.25) is 0 Å². The second-order valence-electron chi connectivity index (χ2n) is 4.65. The summed E-state index contributed by atoms with van der Waals surface area (Å²) in [5, 5.41) is 14.6. The van der Waals surface area contributed by atoms with E-state index >= 15 is 0 Å². The topological polar surface area (TPSA) is 83.5 Å². The molecule has 0 bridgehead atoms. The van der Waals surface area contributed by atoms with Crippen LogP contribution >= 0.6 is 0 Å². The quantitative estimate of drug-likeness (QED) is 0.341. The van der Waals surface area contributed by atoms with Gasteiger partial charge in [-0.15, -0.1) is 0 Å². The van der Waals surface area contributed by atoms with E-state index in [9.17, 15) is 4.39 Å². The lowest BCUT2D eigenvalue weighted by Crippen LogP contribution is -2.20. The molecule has 21 heavy (non-hydrogen) atoms. The molecule has 2 aromatic rings. The van der Waals surface area contributed by atoms with Crippen molar-refractivity contribution in [2.24, 2.45) is 10.9 Å². The molecule has 0 spiro atoms. The van der Waals surface area contributed by atoms with Gasteiger partial charge in [0.15, 0.2) is 5.84 Å². The van der Waals surface area contributed by atoms with Crippen molar-refractivity contribution in [3.8, 4) is 0 Å². The normalized spacial score (nSPS) is 13.1. The molecule has 4 N–H and O–H groups in total. The monoisotopic (exact) mass is 288 g/mol. The Hall–Kier alpha value is -2.47. The van der Waals surface area contributed by atoms with Crippen molar-refractivity contribution in [2.75, 3.05) is 0 Å². The van der Waals surface area contributed by atoms with Crippen molar-refractivity contribution in [1.29, 1.82) is 0 Å². The van der Waals surface area contributed by atoms with Crippen LogP contribution < -0.4 is 11.1 Å². The van der Waals surface area contributed by atoms with Gasteiger partial charge in [0.05, 0.1) is 5.69 Å². The zero-order chi connectivity index (χ0) is 15.2. The van der Waals surface area contributed by atoms with Crippen LogP contribution in [-0.4, -0.2) is 16.0 Å². The van der Waals surface area contributed by atoms with Gasteiger partial charge in [-0.2, -0.15) is 0 Å². The molecule has 0 saturated heterocycles. The third-order valence-corrected chi connectivity index (χ3v) is 3.19. The Morgan fingerprint density at radius 2 is 2.24 bits per heavy atom. The first-order valence-corrected chi connectivity index (χ1v) is 6.52. The molecule has 1 aromatic carbocycles. The van der Waals surface area contributed by atoms with E-state index in [-0.39, 0.29) is 11.9 Å². The smallest absolute Gasteiger partial charge is 0.170 e. The van der Waals surface area contributed by atoms with E-state index in [1.165, 1.54) is 6.07 Å². The summed E-state index contributed by atoms with van der Waals surface area (Å²) in [6, 6.07) is 10.2. The maximum atomic E-state index is 14.0. The molecule has 0 aliphatic rings. The summed E-state index contributed by atoms with van der Waals surface area (Å²) in [5.74, 6) is -0.518. The standard InChI is InChI=1S/C15H17FN4O/c1-10(14-4-2-3-7-18-14)19-9-12-6-5-11(8-13(12)16)15(17)20-21/h2-8,10,19,21H,9H2,1H3,(H2,17,20)/t10-/m1/s1. The summed E-state index contributed by atoms with van der Waals surface area (Å²) in [5.41, 5.74) is 7.17. The lowest BCUT2D eigenvalue weighted by Gasteiger charge is -2.14. The van der Waals surface area contributed by atoms with Gasteiger partial charge >= 0.3 is 0 Å². The molecular weight excluding hydrogens is 271 g/mol. The molecular formula is C15H17FN4O. The van der Waals surface area contributed by atoms with E-state index in [4.69, 9.17) is 10.9 Å². The summed E-state index contributed by atoms with van der Waals surface area (Å²) < 4.78 is 14.0. The highest BCUT2D eigenvalue weighted by Gasteiger charge is 2.09. The molecule has 0 saturated carbocycles. The van der Waals surface area contributed by atoms with Gasteiger partial charge in [-0.1, -0.05) is 23.4 Å². The number of amidine groups is 1. The van der Waals surface area contributed by atoms with Gasteiger partial charge in [-0.05, 0) is 25.1 Å². The van der Waals surface area contributed by atoms with Crippen molar-refractivity contribution in [3.05, 3.63) is 65.2 Å². The maximum Gasteiger partial charge on any atom is 0.170 e. The largest absolute Gasteiger partial charge is 0.409 e. The molecule has 0 unspecified atom stereocenters. The van der Waals surface area contributed by atoms with Crippen LogP contribution in [0.15, 0.2) is 47.8 Å². The van der Waals surface area contributed by atoms with E-state index in [0.717, 1.165) is 5.69 Å². The number of benzene rings is 1. The third-order valence-electron chi connectivity index (χ3n) is 3.19. The van der Waals surface area contributed by atoms with E-state index < -0.39 is 5.82 Å². The predicted molar refractivity (Wildman–Crippen MR) is 78.4 cm³/mol. The average Bonchev–Trinajstić information content (AvgIpc) is 2.53. The second kappa shape index (κ2) is 6.81. The van der Waals surface area contributed by atoms with Gasteiger partial charge in [0.25, 0.3) is 0 Å². The number of halogens is 1. The van der Waals surface area contributed by atoms with Crippen LogP contribution in [0.5, 0.6) is 0 Å². The number of oxime groups is 1. The van der Waals surface area contributed by atoms with Gasteiger partial charge in [-0.3, -0.25) is 4.98 Å². The highest BCUT2D eigenvalue weighted by Crippen LogP contribution is 2.13. The summed E-state index contributed by atoms with van der Waals surface area (Å²) >= 11 is 0. The van der Waals surface area contributed by atoms with E-state index in [2.05, 4.69) is 15.5 Å². The highest BCUT2D eigenvalue weighted by atomic mass is 19.1. The van der Waals surface area contributed by atoms with Crippen LogP contribution in [0.4, 0.5) is 4.39 Å². The Bertz CT molecular complexity index is 631. The minimum atomic E-state index is -0.403. The molecule has 2 rings (SSSR count). The first-order valence-electron chi connectivity index (χ1n) is 6.52. The van der Waals surface area contributed by atoms with Gasteiger partial charge < -0.3 is 16.3 Å². The molecule has 0 radical (unpaired) electrons. The molecule has 0 amide bonds. The average molecular weight is 288 g/mol. The molecule has 0 aliphatic carbocycles. The second-order valence-corrected chi connectivity index (χ2v) is 4.65. The van der Waals surface area contributed by atoms with E-state index in [1.807, 2.05) is 25.1 Å². The molecule has 1 atom stereocenters. The highest BCUT2D eigenvalue weighted by molar-refractivity contribution is 5.97. The van der Waals surface area contributed by atoms with Crippen LogP contribution in [0.3, 0.4) is 0 Å². The predicted octanol–water partition coefficient (Wildman–Crippen LogP) is 2.17. The fourth-order valence-electron chi connectivity index (χ4n) is 1.91. The van der Waals surface area contributed by atoms with Crippen molar-refractivity contribution in [1.82, 2.24) is 10.3 Å². The molecule has 1 aromatic heterocycles. The Balaban J connectivity index is 2.04. The number of hydrogen-bond donors (Lipinski definition) is 3. The minimum absolute atomic E-state index is 0.00866. The zero-order valence-corrected chi connectivity index (χ0v) is 11.6. The number of rotatable bonds is 5. The summed E-state index contributed by atoms with van der Waals surface area (Å²) in [7, 11) is 0. The minimum Gasteiger partial charge on any atom is -0.409 e. The fourth-order valence-corrected chi connectivity index (χ4v) is 1.91. The molecule has 6 heteroatoms. The number of aromatic nitrogens is 1. The number of nitrogens with one attached hydrogen (secondary N) is 1. The molecule has 110 valence electrons. The molecule has 5 nitrogen and oxygen atoms in total. The van der Waals surface area contributed by atoms with Crippen molar-refractivity contribution in [3.63, 3.8) is 0 Å². The Kier molecular flexibility index (Phi) is 4.84. The lowest BCUT2D eigenvalue weighted by molar-refractivity contribution is 0.318. The molecule has 1 heterocycles. The Morgan fingerprint density at radius 3 is 2.86 bits per heavy atom. The van der Waals surface area contributed by atoms with Crippen LogP contribution in [0, 0.1) is 5.82 Å². The van der Waals surface area contributed by atoms with Gasteiger partial charge in [0.1, 0.15) is 5.82 Å². The molecule has 0 aliphatic heterocycles. The number of hydrogen-bond acceptors (Lipinski definition) is 4. The number of nitrogens with two attached hydrogens (primary N) is 1. The lowest BCUT2D eigenvalue weighted by atomic mass is 10.1. The first-order chi connectivity index (χ1) is 10.1. The Labute approximate surface area is 122 Å². The third kappa shape index (κ3) is 3.76. The van der Waals surface area contributed by atoms with E-state index in [0.29, 0.717) is 17.7 Å². The number of nitrogens with zero attached hydrogens (tertiary/aromatic N) is 2. The van der Waals surface area contributed by atoms with Gasteiger partial charge in [-0.25, -0.2) is 4.39 Å². The summed E-state index contributed by atoms with van der Waals surface area (Å²) in [4.78, 5) is 4.25. The summed E-state index contributed by atoms with van der Waals surface area (Å²) in [6.07, 6.45) is 1.72. The molecule has 0 fully saturated rings. The van der Waals surface area contributed by atoms with Crippen LogP contribution in [0.25, 0.3) is 0 Å². The maximum absolute atomic E-state index is 14.0. The van der Waals surface area contributed by atoms with Crippen LogP contribution in [0.2, 0.25) is 0 Å². The van der Waals surface area contributed by atoms with Crippen molar-refractivity contribution >= 4 is 5.84 Å². The van der Waals surface area contributed by atoms with Crippen LogP contribution in [0.1, 0.15) is 29.8 Å². The van der Waals surface area contributed by atoms with Crippen molar-refractivity contribution < 1.29 is 9.60 Å². The zero-order valence-electron chi connectivity index (χ0n) is 11.6. The van der Waals surface area contributed by atoms with Gasteiger partial charge in [0, 0.05) is 29.9 Å². The van der Waals surface area contributed by atoms with E-state index in [1.54, 1.807) is 18.3 Å². The fraction of sp³-hybridized carbons (Fsp3) is 0.200.